The van der Waals surface area contributed by atoms with Gasteiger partial charge in [-0.15, -0.1) is 0 Å². The minimum Gasteiger partial charge on any atom is -0.462 e. The zero-order valence-electron chi connectivity index (χ0n) is 48.1. The zero-order chi connectivity index (χ0) is 52.9. The molecule has 1 unspecified atom stereocenters. The highest BCUT2D eigenvalue weighted by Crippen LogP contribution is 2.16. The van der Waals surface area contributed by atoms with Crippen molar-refractivity contribution in [3.05, 3.63) is 85.1 Å². The summed E-state index contributed by atoms with van der Waals surface area (Å²) in [7, 11) is 0. The predicted molar refractivity (Wildman–Crippen MR) is 316 cm³/mol. The highest BCUT2D eigenvalue weighted by atomic mass is 16.6. The standard InChI is InChI=1S/C67H116O6/c1-4-7-10-13-16-19-22-25-26-27-28-29-30-31-32-33-34-35-36-37-38-39-40-43-45-48-51-54-57-60-66(69)72-63-64(73-67(70)61-58-55-52-49-46-42-24-21-18-15-12-9-6-3)62-71-65(68)59-56-53-50-47-44-41-23-20-17-14-11-8-5-2/h7,10,16,19,21,24-26,28-29,31-32,34-35,64H,4-6,8-9,11-15,17-18,20,22-23,27,30,33,36-63H2,1-3H3/b10-7-,19-16-,24-21-,26-25-,29-28-,32-31-,35-34-. The fourth-order valence-electron chi connectivity index (χ4n) is 8.74. The third kappa shape index (κ3) is 59.3. The van der Waals surface area contributed by atoms with Crippen molar-refractivity contribution in [2.24, 2.45) is 0 Å². The van der Waals surface area contributed by atoms with E-state index in [0.29, 0.717) is 19.3 Å². The van der Waals surface area contributed by atoms with E-state index in [0.717, 1.165) is 109 Å². The SMILES string of the molecule is CC/C=C\C/C=C\C/C=C\C/C=C\C/C=C\C/C=C\CCCCCCCCCCCCC(=O)OCC(COC(=O)CCCCCCCCCCCCCCC)OC(=O)CCCCCCC/C=C\CCCCCC. The molecule has 0 saturated heterocycles. The number of carbonyl (C=O) groups excluding carboxylic acids is 3. The fourth-order valence-corrected chi connectivity index (χ4v) is 8.74. The first-order valence-electron chi connectivity index (χ1n) is 31.1. The zero-order valence-corrected chi connectivity index (χ0v) is 48.1. The molecule has 0 radical (unpaired) electrons. The van der Waals surface area contributed by atoms with E-state index in [1.165, 1.54) is 154 Å². The summed E-state index contributed by atoms with van der Waals surface area (Å²) < 4.78 is 16.9. The van der Waals surface area contributed by atoms with E-state index in [2.05, 4.69) is 106 Å². The summed E-state index contributed by atoms with van der Waals surface area (Å²) in [6.45, 7) is 6.52. The first kappa shape index (κ1) is 69.6. The van der Waals surface area contributed by atoms with Gasteiger partial charge in [0.05, 0.1) is 0 Å². The average molecular weight is 1020 g/mol. The molecule has 0 aromatic rings. The molecule has 0 heterocycles. The molecule has 0 aliphatic rings. The van der Waals surface area contributed by atoms with Gasteiger partial charge in [0.25, 0.3) is 0 Å². The maximum atomic E-state index is 12.8. The van der Waals surface area contributed by atoms with Crippen molar-refractivity contribution >= 4 is 17.9 Å². The van der Waals surface area contributed by atoms with Crippen molar-refractivity contribution in [1.82, 2.24) is 0 Å². The van der Waals surface area contributed by atoms with Gasteiger partial charge in [0.2, 0.25) is 0 Å². The van der Waals surface area contributed by atoms with Crippen molar-refractivity contribution < 1.29 is 28.6 Å². The number of hydrogen-bond acceptors (Lipinski definition) is 6. The molecule has 0 aromatic heterocycles. The molecule has 420 valence electrons. The van der Waals surface area contributed by atoms with Crippen molar-refractivity contribution in [1.29, 1.82) is 0 Å². The van der Waals surface area contributed by atoms with Crippen LogP contribution in [0.25, 0.3) is 0 Å². The number of unbranched alkanes of at least 4 members (excludes halogenated alkanes) is 31. The number of hydrogen-bond donors (Lipinski definition) is 0. The van der Waals surface area contributed by atoms with Crippen LogP contribution in [0.4, 0.5) is 0 Å². The van der Waals surface area contributed by atoms with Crippen LogP contribution in [0.2, 0.25) is 0 Å². The van der Waals surface area contributed by atoms with Gasteiger partial charge in [-0.25, -0.2) is 0 Å². The molecule has 0 fully saturated rings. The van der Waals surface area contributed by atoms with Crippen LogP contribution in [0.5, 0.6) is 0 Å². The molecule has 0 amide bonds. The molecular weight excluding hydrogens is 901 g/mol. The maximum absolute atomic E-state index is 12.8. The number of allylic oxidation sites excluding steroid dienone is 14. The van der Waals surface area contributed by atoms with Gasteiger partial charge in [-0.05, 0) is 96.3 Å². The lowest BCUT2D eigenvalue weighted by Crippen LogP contribution is -2.30. The van der Waals surface area contributed by atoms with E-state index < -0.39 is 6.10 Å². The van der Waals surface area contributed by atoms with Gasteiger partial charge in [0.1, 0.15) is 13.2 Å². The summed E-state index contributed by atoms with van der Waals surface area (Å²) in [5.74, 6) is -0.881. The lowest BCUT2D eigenvalue weighted by atomic mass is 10.0. The van der Waals surface area contributed by atoms with Crippen molar-refractivity contribution in [3.63, 3.8) is 0 Å². The number of esters is 3. The van der Waals surface area contributed by atoms with Crippen molar-refractivity contribution in [2.45, 2.75) is 309 Å². The molecule has 1 atom stereocenters. The normalized spacial score (nSPS) is 12.6. The summed E-state index contributed by atoms with van der Waals surface area (Å²) in [6.07, 6.45) is 80.1. The molecule has 73 heavy (non-hydrogen) atoms. The van der Waals surface area contributed by atoms with Gasteiger partial charge < -0.3 is 14.2 Å². The maximum Gasteiger partial charge on any atom is 0.306 e. The highest BCUT2D eigenvalue weighted by molar-refractivity contribution is 5.71. The van der Waals surface area contributed by atoms with E-state index in [4.69, 9.17) is 14.2 Å². The predicted octanol–water partition coefficient (Wildman–Crippen LogP) is 21.1. The minimum atomic E-state index is -0.780. The Hall–Kier alpha value is -3.41. The first-order chi connectivity index (χ1) is 36.0. The van der Waals surface area contributed by atoms with Gasteiger partial charge in [-0.1, -0.05) is 273 Å². The molecule has 6 heteroatoms. The number of carbonyl (C=O) groups is 3. The fraction of sp³-hybridized carbons (Fsp3) is 0.746. The topological polar surface area (TPSA) is 78.9 Å². The molecule has 6 nitrogen and oxygen atoms in total. The Labute approximate surface area is 452 Å². The van der Waals surface area contributed by atoms with Crippen LogP contribution in [0, 0.1) is 0 Å². The van der Waals surface area contributed by atoms with Crippen LogP contribution in [-0.2, 0) is 28.6 Å². The van der Waals surface area contributed by atoms with E-state index in [9.17, 15) is 14.4 Å². The van der Waals surface area contributed by atoms with Crippen LogP contribution < -0.4 is 0 Å². The van der Waals surface area contributed by atoms with Gasteiger partial charge in [-0.3, -0.25) is 14.4 Å². The average Bonchev–Trinajstić information content (AvgIpc) is 3.39. The van der Waals surface area contributed by atoms with Crippen LogP contribution in [0.15, 0.2) is 85.1 Å². The lowest BCUT2D eigenvalue weighted by Gasteiger charge is -2.18. The quantitative estimate of drug-likeness (QED) is 0.0261. The molecule has 0 rings (SSSR count). The molecule has 0 N–H and O–H groups in total. The van der Waals surface area contributed by atoms with E-state index in [-0.39, 0.29) is 31.1 Å². The minimum absolute atomic E-state index is 0.0775. The van der Waals surface area contributed by atoms with E-state index in [1.807, 2.05) is 0 Å². The van der Waals surface area contributed by atoms with Crippen molar-refractivity contribution in [2.75, 3.05) is 13.2 Å². The Morgan fingerprint density at radius 3 is 0.863 bits per heavy atom. The summed E-state index contributed by atoms with van der Waals surface area (Å²) in [5.41, 5.74) is 0. The largest absolute Gasteiger partial charge is 0.462 e. The molecule has 0 spiro atoms. The monoisotopic (exact) mass is 1020 g/mol. The Morgan fingerprint density at radius 2 is 0.534 bits per heavy atom. The van der Waals surface area contributed by atoms with Crippen molar-refractivity contribution in [3.8, 4) is 0 Å². The Morgan fingerprint density at radius 1 is 0.288 bits per heavy atom. The molecule has 0 aliphatic carbocycles. The molecule has 0 aliphatic heterocycles. The van der Waals surface area contributed by atoms with Crippen LogP contribution in [-0.4, -0.2) is 37.2 Å². The Balaban J connectivity index is 4.23. The summed E-state index contributed by atoms with van der Waals surface area (Å²) in [6, 6.07) is 0. The van der Waals surface area contributed by atoms with Gasteiger partial charge in [-0.2, -0.15) is 0 Å². The van der Waals surface area contributed by atoms with Gasteiger partial charge in [0.15, 0.2) is 6.10 Å². The Bertz CT molecular complexity index is 1400. The molecule has 0 aromatic carbocycles. The second-order valence-corrected chi connectivity index (χ2v) is 20.6. The summed E-state index contributed by atoms with van der Waals surface area (Å²) >= 11 is 0. The van der Waals surface area contributed by atoms with Crippen LogP contribution in [0.3, 0.4) is 0 Å². The summed E-state index contributed by atoms with van der Waals surface area (Å²) in [4.78, 5) is 38.2. The van der Waals surface area contributed by atoms with E-state index in [1.54, 1.807) is 0 Å². The smallest absolute Gasteiger partial charge is 0.306 e. The third-order valence-corrected chi connectivity index (χ3v) is 13.4. The number of rotatable bonds is 56. The second kappa shape index (κ2) is 61.1. The third-order valence-electron chi connectivity index (χ3n) is 13.4. The summed E-state index contributed by atoms with van der Waals surface area (Å²) in [5, 5.41) is 0. The highest BCUT2D eigenvalue weighted by Gasteiger charge is 2.19. The second-order valence-electron chi connectivity index (χ2n) is 20.6. The molecule has 0 bridgehead atoms. The Kier molecular flexibility index (Phi) is 58.3. The first-order valence-corrected chi connectivity index (χ1v) is 31.1. The van der Waals surface area contributed by atoms with Gasteiger partial charge >= 0.3 is 17.9 Å². The number of ether oxygens (including phenoxy) is 3. The van der Waals surface area contributed by atoms with E-state index >= 15 is 0 Å². The lowest BCUT2D eigenvalue weighted by molar-refractivity contribution is -0.167. The van der Waals surface area contributed by atoms with Crippen LogP contribution >= 0.6 is 0 Å². The van der Waals surface area contributed by atoms with Gasteiger partial charge in [0, 0.05) is 19.3 Å². The van der Waals surface area contributed by atoms with Crippen LogP contribution in [0.1, 0.15) is 303 Å². The molecular formula is C67H116O6. The molecule has 0 saturated carbocycles.